The fourth-order valence-electron chi connectivity index (χ4n) is 3.67. The first-order chi connectivity index (χ1) is 14.9. The first kappa shape index (κ1) is 20.7. The zero-order valence-corrected chi connectivity index (χ0v) is 18.3. The van der Waals surface area contributed by atoms with E-state index in [0.29, 0.717) is 27.2 Å². The summed E-state index contributed by atoms with van der Waals surface area (Å²) in [5, 5.41) is 0.774. The standard InChI is InChI=1S/C26H21ClN2O2/c1-17(2)20-10-7-11-21-24(20)28(3)26(31)29(25(21)30)23-15-14-19(16-22(23)27)13-12-18-8-5-4-6-9-18/h4-11,14-17H,1-3H3. The first-order valence-electron chi connectivity index (χ1n) is 10.00. The fourth-order valence-corrected chi connectivity index (χ4v) is 3.94. The zero-order valence-electron chi connectivity index (χ0n) is 17.5. The molecule has 0 saturated carbocycles. The minimum Gasteiger partial charge on any atom is -0.296 e. The van der Waals surface area contributed by atoms with Gasteiger partial charge in [0.25, 0.3) is 5.56 Å². The third kappa shape index (κ3) is 3.81. The normalized spacial score (nSPS) is 10.9. The smallest absolute Gasteiger partial charge is 0.296 e. The third-order valence-electron chi connectivity index (χ3n) is 5.25. The molecule has 0 aliphatic rings. The minimum atomic E-state index is -0.435. The number of rotatable bonds is 2. The molecular formula is C26H21ClN2O2. The average molecular weight is 429 g/mol. The van der Waals surface area contributed by atoms with Crippen molar-refractivity contribution in [2.24, 2.45) is 7.05 Å². The van der Waals surface area contributed by atoms with Crippen LogP contribution in [0.2, 0.25) is 5.02 Å². The van der Waals surface area contributed by atoms with Crippen molar-refractivity contribution in [3.63, 3.8) is 0 Å². The van der Waals surface area contributed by atoms with Crippen LogP contribution in [0.15, 0.2) is 76.3 Å². The van der Waals surface area contributed by atoms with Crippen LogP contribution < -0.4 is 11.2 Å². The Hall–Kier alpha value is -3.55. The van der Waals surface area contributed by atoms with E-state index in [1.54, 1.807) is 31.3 Å². The average Bonchev–Trinajstić information content (AvgIpc) is 2.77. The van der Waals surface area contributed by atoms with E-state index in [1.807, 2.05) is 56.3 Å². The second-order valence-electron chi connectivity index (χ2n) is 7.66. The van der Waals surface area contributed by atoms with Crippen molar-refractivity contribution in [3.8, 4) is 17.5 Å². The second-order valence-corrected chi connectivity index (χ2v) is 8.07. The number of hydrogen-bond acceptors (Lipinski definition) is 2. The van der Waals surface area contributed by atoms with Crippen molar-refractivity contribution in [1.82, 2.24) is 9.13 Å². The molecule has 4 rings (SSSR count). The Labute approximate surface area is 185 Å². The number of benzene rings is 3. The van der Waals surface area contributed by atoms with Gasteiger partial charge in [0.05, 0.1) is 21.6 Å². The highest BCUT2D eigenvalue weighted by Crippen LogP contribution is 2.24. The predicted octanol–water partition coefficient (Wildman–Crippen LogP) is 4.87. The van der Waals surface area contributed by atoms with Crippen molar-refractivity contribution in [3.05, 3.63) is 109 Å². The maximum Gasteiger partial charge on any atom is 0.335 e. The molecule has 0 unspecified atom stereocenters. The molecule has 154 valence electrons. The van der Waals surface area contributed by atoms with Gasteiger partial charge in [-0.1, -0.05) is 67.6 Å². The molecule has 1 aromatic heterocycles. The van der Waals surface area contributed by atoms with Gasteiger partial charge in [-0.15, -0.1) is 0 Å². The van der Waals surface area contributed by atoms with Crippen LogP contribution in [0, 0.1) is 11.8 Å². The van der Waals surface area contributed by atoms with Crippen LogP contribution in [-0.4, -0.2) is 9.13 Å². The summed E-state index contributed by atoms with van der Waals surface area (Å²) in [6, 6.07) is 20.3. The molecule has 0 amide bonds. The molecule has 0 N–H and O–H groups in total. The highest BCUT2D eigenvalue weighted by Gasteiger charge is 2.17. The Morgan fingerprint density at radius 3 is 2.26 bits per heavy atom. The Kier molecular flexibility index (Phi) is 5.54. The largest absolute Gasteiger partial charge is 0.335 e. The number of hydrogen-bond donors (Lipinski definition) is 0. The highest BCUT2D eigenvalue weighted by atomic mass is 35.5. The Morgan fingerprint density at radius 2 is 1.58 bits per heavy atom. The predicted molar refractivity (Wildman–Crippen MR) is 126 cm³/mol. The molecular weight excluding hydrogens is 408 g/mol. The molecule has 0 spiro atoms. The molecule has 0 aliphatic heterocycles. The van der Waals surface area contributed by atoms with Gasteiger partial charge in [0.1, 0.15) is 0 Å². The van der Waals surface area contributed by atoms with E-state index in [9.17, 15) is 9.59 Å². The van der Waals surface area contributed by atoms with E-state index in [1.165, 1.54) is 4.57 Å². The lowest BCUT2D eigenvalue weighted by Crippen LogP contribution is -2.38. The molecule has 0 saturated heterocycles. The molecule has 4 aromatic rings. The monoisotopic (exact) mass is 428 g/mol. The first-order valence-corrected chi connectivity index (χ1v) is 10.4. The number of aryl methyl sites for hydroxylation is 1. The van der Waals surface area contributed by atoms with Crippen molar-refractivity contribution >= 4 is 22.5 Å². The molecule has 4 nitrogen and oxygen atoms in total. The maximum atomic E-state index is 13.3. The van der Waals surface area contributed by atoms with E-state index in [-0.39, 0.29) is 11.5 Å². The molecule has 0 aliphatic carbocycles. The van der Waals surface area contributed by atoms with Gasteiger partial charge in [0.15, 0.2) is 0 Å². The summed E-state index contributed by atoms with van der Waals surface area (Å²) in [4.78, 5) is 26.5. The van der Waals surface area contributed by atoms with E-state index < -0.39 is 5.69 Å². The van der Waals surface area contributed by atoms with Crippen molar-refractivity contribution < 1.29 is 0 Å². The topological polar surface area (TPSA) is 44.0 Å². The van der Waals surface area contributed by atoms with Gasteiger partial charge < -0.3 is 0 Å². The molecule has 3 aromatic carbocycles. The van der Waals surface area contributed by atoms with Crippen molar-refractivity contribution in [2.75, 3.05) is 0 Å². The summed E-state index contributed by atoms with van der Waals surface area (Å²) < 4.78 is 2.65. The lowest BCUT2D eigenvalue weighted by Gasteiger charge is -2.16. The van der Waals surface area contributed by atoms with Gasteiger partial charge >= 0.3 is 5.69 Å². The van der Waals surface area contributed by atoms with Gasteiger partial charge in [-0.3, -0.25) is 9.36 Å². The van der Waals surface area contributed by atoms with Crippen molar-refractivity contribution in [2.45, 2.75) is 19.8 Å². The summed E-state index contributed by atoms with van der Waals surface area (Å²) in [5.41, 5.74) is 2.73. The molecule has 0 fully saturated rings. The lowest BCUT2D eigenvalue weighted by molar-refractivity contribution is 0.761. The van der Waals surface area contributed by atoms with Crippen LogP contribution in [-0.2, 0) is 7.05 Å². The number of nitrogens with zero attached hydrogens (tertiary/aromatic N) is 2. The molecule has 1 heterocycles. The van der Waals surface area contributed by atoms with Gasteiger partial charge in [-0.2, -0.15) is 0 Å². The Balaban J connectivity index is 1.88. The van der Waals surface area contributed by atoms with Gasteiger partial charge in [0, 0.05) is 18.2 Å². The summed E-state index contributed by atoms with van der Waals surface area (Å²) in [6.07, 6.45) is 0. The zero-order chi connectivity index (χ0) is 22.1. The molecule has 0 bridgehead atoms. The van der Waals surface area contributed by atoms with Crippen LogP contribution in [0.3, 0.4) is 0 Å². The Bertz CT molecular complexity index is 1470. The van der Waals surface area contributed by atoms with Crippen LogP contribution >= 0.6 is 11.6 Å². The van der Waals surface area contributed by atoms with Crippen LogP contribution in [0.5, 0.6) is 0 Å². The van der Waals surface area contributed by atoms with E-state index >= 15 is 0 Å². The number of halogens is 1. The summed E-state index contributed by atoms with van der Waals surface area (Å²) in [7, 11) is 1.68. The highest BCUT2D eigenvalue weighted by molar-refractivity contribution is 6.32. The van der Waals surface area contributed by atoms with E-state index in [0.717, 1.165) is 15.7 Å². The number of aromatic nitrogens is 2. The molecule has 31 heavy (non-hydrogen) atoms. The van der Waals surface area contributed by atoms with Crippen LogP contribution in [0.1, 0.15) is 36.5 Å². The van der Waals surface area contributed by atoms with Gasteiger partial charge in [-0.05, 0) is 47.9 Å². The molecule has 0 radical (unpaired) electrons. The fraction of sp³-hybridized carbons (Fsp3) is 0.154. The van der Waals surface area contributed by atoms with Crippen LogP contribution in [0.4, 0.5) is 0 Å². The van der Waals surface area contributed by atoms with Crippen LogP contribution in [0.25, 0.3) is 16.6 Å². The van der Waals surface area contributed by atoms with E-state index in [2.05, 4.69) is 11.8 Å². The second kappa shape index (κ2) is 8.29. The number of para-hydroxylation sites is 1. The van der Waals surface area contributed by atoms with Gasteiger partial charge in [-0.25, -0.2) is 9.36 Å². The SMILES string of the molecule is CC(C)c1cccc2c(=O)n(-c3ccc(C#Cc4ccccc4)cc3Cl)c(=O)n(C)c12. The lowest BCUT2D eigenvalue weighted by atomic mass is 10.00. The van der Waals surface area contributed by atoms with Crippen molar-refractivity contribution in [1.29, 1.82) is 0 Å². The van der Waals surface area contributed by atoms with Gasteiger partial charge in [0.2, 0.25) is 0 Å². The quantitative estimate of drug-likeness (QED) is 0.428. The summed E-state index contributed by atoms with van der Waals surface area (Å²) >= 11 is 6.50. The Morgan fingerprint density at radius 1 is 0.871 bits per heavy atom. The molecule has 5 heteroatoms. The third-order valence-corrected chi connectivity index (χ3v) is 5.55. The maximum absolute atomic E-state index is 13.3. The number of fused-ring (bicyclic) bond motifs is 1. The van der Waals surface area contributed by atoms with E-state index in [4.69, 9.17) is 11.6 Å². The molecule has 0 atom stereocenters. The summed E-state index contributed by atoms with van der Waals surface area (Å²) in [6.45, 7) is 4.08. The minimum absolute atomic E-state index is 0.176. The summed E-state index contributed by atoms with van der Waals surface area (Å²) in [5.74, 6) is 6.32.